The second kappa shape index (κ2) is 7.75. The molecule has 0 spiro atoms. The van der Waals surface area contributed by atoms with Crippen LogP contribution in [0.1, 0.15) is 43.0 Å². The molecule has 1 fully saturated rings. The Morgan fingerprint density at radius 3 is 2.52 bits per heavy atom. The number of likely N-dealkylation sites (tertiary alicyclic amines) is 1. The zero-order chi connectivity index (χ0) is 16.1. The summed E-state index contributed by atoms with van der Waals surface area (Å²) in [4.78, 5) is 2.49. The van der Waals surface area contributed by atoms with E-state index in [-0.39, 0.29) is 5.82 Å². The van der Waals surface area contributed by atoms with Crippen molar-refractivity contribution in [2.75, 3.05) is 26.2 Å². The number of furan rings is 1. The molecule has 0 amide bonds. The summed E-state index contributed by atoms with van der Waals surface area (Å²) in [5, 5.41) is 3.57. The van der Waals surface area contributed by atoms with Gasteiger partial charge in [0.05, 0.1) is 12.3 Å². The van der Waals surface area contributed by atoms with Gasteiger partial charge in [0.25, 0.3) is 0 Å². The minimum Gasteiger partial charge on any atom is -0.468 e. The third-order valence-electron chi connectivity index (χ3n) is 4.68. The quantitative estimate of drug-likeness (QED) is 0.838. The maximum Gasteiger partial charge on any atom is 0.123 e. The third-order valence-corrected chi connectivity index (χ3v) is 4.68. The Hall–Kier alpha value is -1.65. The van der Waals surface area contributed by atoms with Crippen molar-refractivity contribution < 1.29 is 8.81 Å². The smallest absolute Gasteiger partial charge is 0.123 e. The highest BCUT2D eigenvalue weighted by atomic mass is 19.1. The van der Waals surface area contributed by atoms with Crippen molar-refractivity contribution in [1.29, 1.82) is 0 Å². The van der Waals surface area contributed by atoms with Crippen molar-refractivity contribution in [3.05, 3.63) is 59.8 Å². The van der Waals surface area contributed by atoms with E-state index in [4.69, 9.17) is 4.42 Å². The number of nitrogens with zero attached hydrogens (tertiary/aromatic N) is 1. The van der Waals surface area contributed by atoms with Crippen LogP contribution in [0.15, 0.2) is 47.1 Å². The van der Waals surface area contributed by atoms with Gasteiger partial charge < -0.3 is 9.73 Å². The van der Waals surface area contributed by atoms with Gasteiger partial charge in [0.1, 0.15) is 11.6 Å². The van der Waals surface area contributed by atoms with E-state index in [9.17, 15) is 4.39 Å². The van der Waals surface area contributed by atoms with Gasteiger partial charge >= 0.3 is 0 Å². The van der Waals surface area contributed by atoms with Gasteiger partial charge in [-0.05, 0) is 61.7 Å². The number of nitrogens with one attached hydrogen (secondary N) is 1. The summed E-state index contributed by atoms with van der Waals surface area (Å²) >= 11 is 0. The van der Waals surface area contributed by atoms with Gasteiger partial charge in [-0.15, -0.1) is 0 Å². The van der Waals surface area contributed by atoms with E-state index in [0.29, 0.717) is 12.0 Å². The summed E-state index contributed by atoms with van der Waals surface area (Å²) < 4.78 is 18.6. The van der Waals surface area contributed by atoms with E-state index in [0.717, 1.165) is 37.5 Å². The van der Waals surface area contributed by atoms with E-state index in [2.05, 4.69) is 23.2 Å². The minimum atomic E-state index is -0.180. The lowest BCUT2D eigenvalue weighted by Gasteiger charge is -2.26. The number of hydrogen-bond donors (Lipinski definition) is 1. The molecular formula is C19H25FN2O. The second-order valence-corrected chi connectivity index (χ2v) is 6.39. The maximum absolute atomic E-state index is 13.0. The molecule has 1 saturated heterocycles. The van der Waals surface area contributed by atoms with Crippen molar-refractivity contribution in [3.63, 3.8) is 0 Å². The fourth-order valence-electron chi connectivity index (χ4n) is 3.29. The summed E-state index contributed by atoms with van der Waals surface area (Å²) in [5.74, 6) is 1.21. The highest BCUT2D eigenvalue weighted by molar-refractivity contribution is 5.20. The molecule has 0 saturated carbocycles. The van der Waals surface area contributed by atoms with Crippen molar-refractivity contribution in [2.24, 2.45) is 0 Å². The van der Waals surface area contributed by atoms with Gasteiger partial charge in [0.15, 0.2) is 0 Å². The highest BCUT2D eigenvalue weighted by Gasteiger charge is 2.25. The maximum atomic E-state index is 13.0. The zero-order valence-electron chi connectivity index (χ0n) is 13.7. The van der Waals surface area contributed by atoms with Crippen molar-refractivity contribution >= 4 is 0 Å². The van der Waals surface area contributed by atoms with Gasteiger partial charge in [-0.2, -0.15) is 0 Å². The van der Waals surface area contributed by atoms with Crippen LogP contribution in [-0.4, -0.2) is 31.1 Å². The molecule has 3 nitrogen and oxygen atoms in total. The highest BCUT2D eigenvalue weighted by Crippen LogP contribution is 2.25. The monoisotopic (exact) mass is 316 g/mol. The van der Waals surface area contributed by atoms with Crippen LogP contribution in [0.25, 0.3) is 0 Å². The molecule has 1 aliphatic rings. The van der Waals surface area contributed by atoms with Crippen molar-refractivity contribution in [1.82, 2.24) is 10.2 Å². The average Bonchev–Trinajstić information content (AvgIpc) is 3.26. The number of halogens is 1. The molecule has 1 aliphatic heterocycles. The zero-order valence-corrected chi connectivity index (χ0v) is 13.7. The summed E-state index contributed by atoms with van der Waals surface area (Å²) in [7, 11) is 0. The Labute approximate surface area is 137 Å². The predicted molar refractivity (Wildman–Crippen MR) is 89.9 cm³/mol. The first kappa shape index (κ1) is 16.2. The van der Waals surface area contributed by atoms with Gasteiger partial charge in [-0.1, -0.05) is 19.1 Å². The van der Waals surface area contributed by atoms with Crippen LogP contribution < -0.4 is 5.32 Å². The molecule has 23 heavy (non-hydrogen) atoms. The Kier molecular flexibility index (Phi) is 5.47. The summed E-state index contributed by atoms with van der Waals surface area (Å²) in [6.45, 7) is 6.19. The molecule has 0 unspecified atom stereocenters. The summed E-state index contributed by atoms with van der Waals surface area (Å²) in [6, 6.07) is 11.1. The molecular weight excluding hydrogens is 291 g/mol. The molecule has 2 heterocycles. The number of benzene rings is 1. The first-order valence-electron chi connectivity index (χ1n) is 8.47. The van der Waals surface area contributed by atoms with Crippen LogP contribution in [0.3, 0.4) is 0 Å². The summed E-state index contributed by atoms with van der Waals surface area (Å²) in [5.41, 5.74) is 1.16. The first-order chi connectivity index (χ1) is 11.2. The third kappa shape index (κ3) is 4.21. The summed E-state index contributed by atoms with van der Waals surface area (Å²) in [6.07, 6.45) is 4.28. The molecule has 2 aromatic rings. The van der Waals surface area contributed by atoms with Gasteiger partial charge in [0, 0.05) is 13.1 Å². The molecule has 2 atom stereocenters. The molecule has 0 aliphatic carbocycles. The SMILES string of the molecule is C[C@@H](CNC[C@H](c1ccco1)N1CCCC1)c1ccc(F)cc1. The lowest BCUT2D eigenvalue weighted by Crippen LogP contribution is -2.35. The Morgan fingerprint density at radius 1 is 1.13 bits per heavy atom. The van der Waals surface area contributed by atoms with Crippen LogP contribution >= 0.6 is 0 Å². The Balaban J connectivity index is 1.55. The van der Waals surface area contributed by atoms with Gasteiger partial charge in [-0.3, -0.25) is 4.90 Å². The van der Waals surface area contributed by atoms with E-state index in [1.807, 2.05) is 18.2 Å². The minimum absolute atomic E-state index is 0.180. The van der Waals surface area contributed by atoms with E-state index >= 15 is 0 Å². The van der Waals surface area contributed by atoms with Gasteiger partial charge in [0.2, 0.25) is 0 Å². The standard InChI is InChI=1S/C19H25FN2O/c1-15(16-6-8-17(20)9-7-16)13-21-14-18(19-5-4-12-23-19)22-10-2-3-11-22/h4-9,12,15,18,21H,2-3,10-11,13-14H2,1H3/t15-,18+/m0/s1. The van der Waals surface area contributed by atoms with Crippen LogP contribution in [0, 0.1) is 5.82 Å². The van der Waals surface area contributed by atoms with Crippen LogP contribution in [-0.2, 0) is 0 Å². The lowest BCUT2D eigenvalue weighted by molar-refractivity contribution is 0.209. The topological polar surface area (TPSA) is 28.4 Å². The fraction of sp³-hybridized carbons (Fsp3) is 0.474. The molecule has 124 valence electrons. The van der Waals surface area contributed by atoms with E-state index in [1.54, 1.807) is 6.26 Å². The predicted octanol–water partition coefficient (Wildman–Crippen LogP) is 3.95. The Morgan fingerprint density at radius 2 is 1.87 bits per heavy atom. The first-order valence-corrected chi connectivity index (χ1v) is 8.47. The lowest BCUT2D eigenvalue weighted by atomic mass is 10.0. The van der Waals surface area contributed by atoms with Crippen LogP contribution in [0.2, 0.25) is 0 Å². The van der Waals surface area contributed by atoms with E-state index < -0.39 is 0 Å². The van der Waals surface area contributed by atoms with Crippen LogP contribution in [0.4, 0.5) is 4.39 Å². The van der Waals surface area contributed by atoms with Crippen LogP contribution in [0.5, 0.6) is 0 Å². The molecule has 1 aromatic carbocycles. The molecule has 0 radical (unpaired) electrons. The fourth-order valence-corrected chi connectivity index (χ4v) is 3.29. The normalized spacial score (nSPS) is 18.2. The van der Waals surface area contributed by atoms with Crippen molar-refractivity contribution in [2.45, 2.75) is 31.7 Å². The molecule has 1 N–H and O–H groups in total. The largest absolute Gasteiger partial charge is 0.468 e. The molecule has 4 heteroatoms. The number of hydrogen-bond acceptors (Lipinski definition) is 3. The van der Waals surface area contributed by atoms with Gasteiger partial charge in [-0.25, -0.2) is 4.39 Å². The molecule has 3 rings (SSSR count). The average molecular weight is 316 g/mol. The molecule has 0 bridgehead atoms. The molecule has 1 aromatic heterocycles. The number of rotatable bonds is 7. The second-order valence-electron chi connectivity index (χ2n) is 6.39. The Bertz CT molecular complexity index is 576. The van der Waals surface area contributed by atoms with Crippen molar-refractivity contribution in [3.8, 4) is 0 Å². The van der Waals surface area contributed by atoms with E-state index in [1.165, 1.54) is 25.0 Å².